The minimum atomic E-state index is -1.18. The lowest BCUT2D eigenvalue weighted by Crippen LogP contribution is -2.22. The summed E-state index contributed by atoms with van der Waals surface area (Å²) in [5.74, 6) is -1.08. The number of aliphatic carboxylic acids is 1. The predicted molar refractivity (Wildman–Crippen MR) is 63.0 cm³/mol. The smallest absolute Gasteiger partial charge is 0.375 e. The Morgan fingerprint density at radius 2 is 2.28 bits per heavy atom. The Labute approximate surface area is 104 Å². The average Bonchev–Trinajstić information content (AvgIpc) is 2.39. The van der Waals surface area contributed by atoms with Crippen LogP contribution in [0.5, 0.6) is 0 Å². The number of hydrogen-bond acceptors (Lipinski definition) is 4. The first-order valence-corrected chi connectivity index (χ1v) is 5.51. The van der Waals surface area contributed by atoms with E-state index < -0.39 is 5.97 Å². The standard InChI is InChI=1S/C13H14O5/c1-13(8-14)4-2-3-9(5-13)10-6-17-7-11(18-10)12(15)16/h2-4,6-7,14H,5,8H2,1H3,(H,15,16). The molecule has 0 bridgehead atoms. The second-order valence-electron chi connectivity index (χ2n) is 4.55. The van der Waals surface area contributed by atoms with Crippen molar-refractivity contribution in [3.05, 3.63) is 47.8 Å². The lowest BCUT2D eigenvalue weighted by atomic mass is 9.80. The molecule has 1 aliphatic carbocycles. The first-order chi connectivity index (χ1) is 8.54. The Bertz CT molecular complexity index is 484. The zero-order chi connectivity index (χ0) is 13.2. The first-order valence-electron chi connectivity index (χ1n) is 5.51. The molecule has 1 atom stereocenters. The Morgan fingerprint density at radius 1 is 1.50 bits per heavy atom. The fourth-order valence-corrected chi connectivity index (χ4v) is 1.79. The first kappa shape index (κ1) is 12.4. The third-order valence-electron chi connectivity index (χ3n) is 2.85. The van der Waals surface area contributed by atoms with Crippen molar-refractivity contribution in [2.45, 2.75) is 13.3 Å². The Kier molecular flexibility index (Phi) is 3.25. The van der Waals surface area contributed by atoms with Crippen molar-refractivity contribution in [1.29, 1.82) is 0 Å². The number of hydrogen-bond donors (Lipinski definition) is 2. The number of ether oxygens (including phenoxy) is 2. The fraction of sp³-hybridized carbons (Fsp3) is 0.308. The Balaban J connectivity index is 2.15. The van der Waals surface area contributed by atoms with Gasteiger partial charge in [-0.15, -0.1) is 0 Å². The maximum absolute atomic E-state index is 10.8. The second-order valence-corrected chi connectivity index (χ2v) is 4.55. The molecular weight excluding hydrogens is 236 g/mol. The lowest BCUT2D eigenvalue weighted by Gasteiger charge is -2.28. The fourth-order valence-electron chi connectivity index (χ4n) is 1.79. The van der Waals surface area contributed by atoms with Crippen LogP contribution in [0.15, 0.2) is 47.8 Å². The highest BCUT2D eigenvalue weighted by molar-refractivity contribution is 5.84. The summed E-state index contributed by atoms with van der Waals surface area (Å²) in [7, 11) is 0. The average molecular weight is 250 g/mol. The van der Waals surface area contributed by atoms with E-state index in [9.17, 15) is 9.90 Å². The van der Waals surface area contributed by atoms with Crippen LogP contribution >= 0.6 is 0 Å². The number of aliphatic hydroxyl groups is 1. The molecule has 2 N–H and O–H groups in total. The topological polar surface area (TPSA) is 76.0 Å². The van der Waals surface area contributed by atoms with Crippen LogP contribution in [0.25, 0.3) is 0 Å². The highest BCUT2D eigenvalue weighted by atomic mass is 16.6. The zero-order valence-corrected chi connectivity index (χ0v) is 9.92. The van der Waals surface area contributed by atoms with Crippen molar-refractivity contribution in [3.63, 3.8) is 0 Å². The number of rotatable bonds is 3. The summed E-state index contributed by atoms with van der Waals surface area (Å²) in [5.41, 5.74) is 0.430. The molecule has 1 aliphatic heterocycles. The molecule has 0 saturated carbocycles. The summed E-state index contributed by atoms with van der Waals surface area (Å²) >= 11 is 0. The molecule has 1 unspecified atom stereocenters. The molecule has 5 heteroatoms. The molecule has 0 aromatic heterocycles. The molecule has 0 fully saturated rings. The van der Waals surface area contributed by atoms with Gasteiger partial charge in [-0.1, -0.05) is 25.2 Å². The van der Waals surface area contributed by atoms with E-state index in [2.05, 4.69) is 0 Å². The van der Waals surface area contributed by atoms with E-state index in [-0.39, 0.29) is 17.8 Å². The van der Waals surface area contributed by atoms with Crippen LogP contribution in [0.3, 0.4) is 0 Å². The Morgan fingerprint density at radius 3 is 2.94 bits per heavy atom. The molecule has 5 nitrogen and oxygen atoms in total. The predicted octanol–water partition coefficient (Wildman–Crippen LogP) is 1.69. The van der Waals surface area contributed by atoms with Crippen LogP contribution in [0.4, 0.5) is 0 Å². The van der Waals surface area contributed by atoms with Gasteiger partial charge in [0, 0.05) is 5.41 Å². The van der Waals surface area contributed by atoms with Crippen LogP contribution in [0.2, 0.25) is 0 Å². The lowest BCUT2D eigenvalue weighted by molar-refractivity contribution is -0.136. The number of aliphatic hydroxyl groups excluding tert-OH is 1. The minimum absolute atomic E-state index is 0.0105. The van der Waals surface area contributed by atoms with Gasteiger partial charge < -0.3 is 19.7 Å². The van der Waals surface area contributed by atoms with Gasteiger partial charge in [0.1, 0.15) is 12.5 Å². The van der Waals surface area contributed by atoms with E-state index in [4.69, 9.17) is 14.6 Å². The summed E-state index contributed by atoms with van der Waals surface area (Å²) < 4.78 is 10.2. The molecule has 0 aromatic rings. The van der Waals surface area contributed by atoms with E-state index in [1.165, 1.54) is 6.26 Å². The second kappa shape index (κ2) is 4.70. The largest absolute Gasteiger partial charge is 0.475 e. The summed E-state index contributed by atoms with van der Waals surface area (Å²) in [6.45, 7) is 1.92. The molecule has 0 amide bonds. The van der Waals surface area contributed by atoms with Gasteiger partial charge in [-0.05, 0) is 12.0 Å². The molecule has 96 valence electrons. The maximum Gasteiger partial charge on any atom is 0.375 e. The summed E-state index contributed by atoms with van der Waals surface area (Å²) in [6.07, 6.45) is 8.50. The van der Waals surface area contributed by atoms with Crippen molar-refractivity contribution in [3.8, 4) is 0 Å². The van der Waals surface area contributed by atoms with Gasteiger partial charge in [-0.2, -0.15) is 0 Å². The number of carbonyl (C=O) groups is 1. The maximum atomic E-state index is 10.8. The van der Waals surface area contributed by atoms with Crippen LogP contribution in [-0.4, -0.2) is 22.8 Å². The van der Waals surface area contributed by atoms with Crippen molar-refractivity contribution >= 4 is 5.97 Å². The van der Waals surface area contributed by atoms with E-state index in [0.717, 1.165) is 11.8 Å². The molecule has 18 heavy (non-hydrogen) atoms. The highest BCUT2D eigenvalue weighted by Crippen LogP contribution is 2.35. The minimum Gasteiger partial charge on any atom is -0.475 e. The van der Waals surface area contributed by atoms with E-state index >= 15 is 0 Å². The van der Waals surface area contributed by atoms with Gasteiger partial charge in [-0.25, -0.2) is 4.79 Å². The summed E-state index contributed by atoms with van der Waals surface area (Å²) in [4.78, 5) is 10.8. The molecule has 0 saturated heterocycles. The number of carboxylic acid groups (broad SMARTS) is 1. The zero-order valence-electron chi connectivity index (χ0n) is 9.92. The van der Waals surface area contributed by atoms with Gasteiger partial charge in [-0.3, -0.25) is 0 Å². The molecular formula is C13H14O5. The van der Waals surface area contributed by atoms with Gasteiger partial charge in [0.2, 0.25) is 5.76 Å². The molecule has 0 radical (unpaired) electrons. The van der Waals surface area contributed by atoms with Gasteiger partial charge in [0.05, 0.1) is 6.61 Å². The van der Waals surface area contributed by atoms with E-state index in [1.807, 2.05) is 25.2 Å². The number of allylic oxidation sites excluding steroid dienone is 3. The van der Waals surface area contributed by atoms with Gasteiger partial charge in [0.15, 0.2) is 5.76 Å². The third kappa shape index (κ3) is 2.46. The molecule has 0 aromatic carbocycles. The monoisotopic (exact) mass is 250 g/mol. The quantitative estimate of drug-likeness (QED) is 0.797. The van der Waals surface area contributed by atoms with E-state index in [1.54, 1.807) is 0 Å². The van der Waals surface area contributed by atoms with Crippen molar-refractivity contribution < 1.29 is 24.5 Å². The van der Waals surface area contributed by atoms with E-state index in [0.29, 0.717) is 12.2 Å². The molecule has 0 spiro atoms. The Hall–Kier alpha value is -2.01. The summed E-state index contributed by atoms with van der Waals surface area (Å²) in [5, 5.41) is 18.2. The van der Waals surface area contributed by atoms with Crippen molar-refractivity contribution in [2.75, 3.05) is 6.61 Å². The molecule has 2 rings (SSSR count). The van der Waals surface area contributed by atoms with Crippen molar-refractivity contribution in [1.82, 2.24) is 0 Å². The highest BCUT2D eigenvalue weighted by Gasteiger charge is 2.28. The molecule has 2 aliphatic rings. The van der Waals surface area contributed by atoms with Crippen LogP contribution in [0, 0.1) is 5.41 Å². The molecule has 1 heterocycles. The normalized spacial score (nSPS) is 26.4. The van der Waals surface area contributed by atoms with Gasteiger partial charge in [0.25, 0.3) is 0 Å². The number of carboxylic acids is 1. The van der Waals surface area contributed by atoms with Crippen LogP contribution in [0.1, 0.15) is 13.3 Å². The van der Waals surface area contributed by atoms with Crippen LogP contribution in [-0.2, 0) is 14.3 Å². The third-order valence-corrected chi connectivity index (χ3v) is 2.85. The van der Waals surface area contributed by atoms with Crippen LogP contribution < -0.4 is 0 Å². The van der Waals surface area contributed by atoms with Gasteiger partial charge >= 0.3 is 5.97 Å². The van der Waals surface area contributed by atoms with Crippen molar-refractivity contribution in [2.24, 2.45) is 5.41 Å². The summed E-state index contributed by atoms with van der Waals surface area (Å²) in [6, 6.07) is 0. The SMILES string of the molecule is CC1(CO)C=CC=C(C2=COC=C(C(=O)O)O2)C1.